The Morgan fingerprint density at radius 3 is 2.64 bits per heavy atom. The number of phenols is 1. The van der Waals surface area contributed by atoms with E-state index in [0.29, 0.717) is 23.6 Å². The topological polar surface area (TPSA) is 71.5 Å². The number of amides is 1. The first-order valence-corrected chi connectivity index (χ1v) is 9.09. The molecule has 0 unspecified atom stereocenters. The SMILES string of the molecule is CC(C)(C)c1cc(C(=O)Nc2cccc(OCc3cccnc3)c2)ccc1O. The van der Waals surface area contributed by atoms with Crippen LogP contribution in [0.5, 0.6) is 11.5 Å². The molecule has 0 bridgehead atoms. The summed E-state index contributed by atoms with van der Waals surface area (Å²) in [5, 5.41) is 13.0. The summed E-state index contributed by atoms with van der Waals surface area (Å²) in [4.78, 5) is 16.7. The Morgan fingerprint density at radius 2 is 1.93 bits per heavy atom. The van der Waals surface area contributed by atoms with E-state index in [1.807, 2.05) is 45.0 Å². The summed E-state index contributed by atoms with van der Waals surface area (Å²) in [7, 11) is 0. The van der Waals surface area contributed by atoms with Crippen LogP contribution in [0.3, 0.4) is 0 Å². The molecule has 0 saturated carbocycles. The first-order chi connectivity index (χ1) is 13.3. The molecule has 2 N–H and O–H groups in total. The highest BCUT2D eigenvalue weighted by molar-refractivity contribution is 6.04. The lowest BCUT2D eigenvalue weighted by atomic mass is 9.85. The molecule has 5 nitrogen and oxygen atoms in total. The van der Waals surface area contributed by atoms with Crippen molar-refractivity contribution in [1.29, 1.82) is 0 Å². The molecule has 0 aliphatic rings. The van der Waals surface area contributed by atoms with E-state index in [2.05, 4.69) is 10.3 Å². The Labute approximate surface area is 165 Å². The van der Waals surface area contributed by atoms with Crippen LogP contribution in [-0.4, -0.2) is 16.0 Å². The molecule has 1 amide bonds. The zero-order valence-electron chi connectivity index (χ0n) is 16.3. The van der Waals surface area contributed by atoms with E-state index in [9.17, 15) is 9.90 Å². The van der Waals surface area contributed by atoms with Crippen LogP contribution in [-0.2, 0) is 12.0 Å². The summed E-state index contributed by atoms with van der Waals surface area (Å²) >= 11 is 0. The highest BCUT2D eigenvalue weighted by atomic mass is 16.5. The normalized spacial score (nSPS) is 11.1. The number of rotatable bonds is 5. The van der Waals surface area contributed by atoms with Crippen molar-refractivity contribution in [3.63, 3.8) is 0 Å². The average Bonchev–Trinajstić information content (AvgIpc) is 2.67. The lowest BCUT2D eigenvalue weighted by Gasteiger charge is -2.21. The van der Waals surface area contributed by atoms with Gasteiger partial charge in [-0.15, -0.1) is 0 Å². The second-order valence-corrected chi connectivity index (χ2v) is 7.61. The second-order valence-electron chi connectivity index (χ2n) is 7.61. The smallest absolute Gasteiger partial charge is 0.255 e. The maximum Gasteiger partial charge on any atom is 0.255 e. The van der Waals surface area contributed by atoms with E-state index in [4.69, 9.17) is 4.74 Å². The van der Waals surface area contributed by atoms with Gasteiger partial charge < -0.3 is 15.2 Å². The minimum Gasteiger partial charge on any atom is -0.508 e. The van der Waals surface area contributed by atoms with Gasteiger partial charge in [-0.3, -0.25) is 9.78 Å². The molecule has 3 aromatic rings. The zero-order chi connectivity index (χ0) is 20.1. The first-order valence-electron chi connectivity index (χ1n) is 9.09. The lowest BCUT2D eigenvalue weighted by Crippen LogP contribution is -2.16. The molecule has 0 radical (unpaired) electrons. The number of carbonyl (C=O) groups is 1. The summed E-state index contributed by atoms with van der Waals surface area (Å²) in [6.07, 6.45) is 3.47. The largest absolute Gasteiger partial charge is 0.508 e. The molecule has 0 aliphatic heterocycles. The van der Waals surface area contributed by atoms with Gasteiger partial charge in [-0.05, 0) is 41.8 Å². The van der Waals surface area contributed by atoms with Crippen LogP contribution in [0, 0.1) is 0 Å². The standard InChI is InChI=1S/C23H24N2O3/c1-23(2,3)20-12-17(9-10-21(20)26)22(27)25-18-7-4-8-19(13-18)28-15-16-6-5-11-24-14-16/h4-14,26H,15H2,1-3H3,(H,25,27). The maximum atomic E-state index is 12.7. The number of carbonyl (C=O) groups excluding carboxylic acids is 1. The maximum absolute atomic E-state index is 12.7. The van der Waals surface area contributed by atoms with Gasteiger partial charge in [-0.25, -0.2) is 0 Å². The van der Waals surface area contributed by atoms with Crippen LogP contribution in [0.25, 0.3) is 0 Å². The summed E-state index contributed by atoms with van der Waals surface area (Å²) < 4.78 is 5.78. The van der Waals surface area contributed by atoms with Crippen LogP contribution in [0.15, 0.2) is 67.0 Å². The summed E-state index contributed by atoms with van der Waals surface area (Å²) in [6.45, 7) is 6.38. The molecule has 0 spiro atoms. The summed E-state index contributed by atoms with van der Waals surface area (Å²) in [5.74, 6) is 0.604. The minimum atomic E-state index is -0.263. The van der Waals surface area contributed by atoms with Crippen LogP contribution in [0.2, 0.25) is 0 Å². The molecule has 144 valence electrons. The van der Waals surface area contributed by atoms with Crippen molar-refractivity contribution in [3.8, 4) is 11.5 Å². The van der Waals surface area contributed by atoms with Gasteiger partial charge in [-0.1, -0.05) is 32.9 Å². The highest BCUT2D eigenvalue weighted by Crippen LogP contribution is 2.31. The van der Waals surface area contributed by atoms with Gasteiger partial charge in [0.2, 0.25) is 0 Å². The Morgan fingerprint density at radius 1 is 1.11 bits per heavy atom. The fourth-order valence-corrected chi connectivity index (χ4v) is 2.80. The number of ether oxygens (including phenoxy) is 1. The van der Waals surface area contributed by atoms with Gasteiger partial charge in [0.05, 0.1) is 0 Å². The molecule has 2 aromatic carbocycles. The van der Waals surface area contributed by atoms with Gasteiger partial charge >= 0.3 is 0 Å². The van der Waals surface area contributed by atoms with E-state index in [-0.39, 0.29) is 17.1 Å². The molecule has 0 aliphatic carbocycles. The van der Waals surface area contributed by atoms with E-state index >= 15 is 0 Å². The number of hydrogen-bond donors (Lipinski definition) is 2. The van der Waals surface area contributed by atoms with Crippen LogP contribution >= 0.6 is 0 Å². The molecule has 3 rings (SSSR count). The highest BCUT2D eigenvalue weighted by Gasteiger charge is 2.20. The van der Waals surface area contributed by atoms with Gasteiger partial charge in [0, 0.05) is 40.8 Å². The van der Waals surface area contributed by atoms with Gasteiger partial charge in [0.25, 0.3) is 5.91 Å². The number of aromatic nitrogens is 1. The Hall–Kier alpha value is -3.34. The van der Waals surface area contributed by atoms with Crippen LogP contribution in [0.4, 0.5) is 5.69 Å². The summed E-state index contributed by atoms with van der Waals surface area (Å²) in [6, 6.07) is 15.9. The first kappa shape index (κ1) is 19.4. The van der Waals surface area contributed by atoms with Crippen molar-refractivity contribution in [2.24, 2.45) is 0 Å². The molecule has 0 atom stereocenters. The Balaban J connectivity index is 1.71. The van der Waals surface area contributed by atoms with E-state index in [1.165, 1.54) is 0 Å². The number of benzene rings is 2. The molecule has 1 aromatic heterocycles. The van der Waals surface area contributed by atoms with Gasteiger partial charge in [0.1, 0.15) is 18.1 Å². The number of nitrogens with one attached hydrogen (secondary N) is 1. The number of hydrogen-bond acceptors (Lipinski definition) is 4. The average molecular weight is 376 g/mol. The van der Waals surface area contributed by atoms with Crippen molar-refractivity contribution >= 4 is 11.6 Å². The van der Waals surface area contributed by atoms with Gasteiger partial charge in [0.15, 0.2) is 0 Å². The van der Waals surface area contributed by atoms with E-state index in [0.717, 1.165) is 11.1 Å². The van der Waals surface area contributed by atoms with E-state index in [1.54, 1.807) is 42.7 Å². The molecule has 5 heteroatoms. The Bertz CT molecular complexity index is 963. The number of aromatic hydroxyl groups is 1. The molecular formula is C23H24N2O3. The van der Waals surface area contributed by atoms with Crippen molar-refractivity contribution in [1.82, 2.24) is 4.98 Å². The number of phenolic OH excluding ortho intramolecular Hbond substituents is 1. The molecule has 28 heavy (non-hydrogen) atoms. The van der Waals surface area contributed by atoms with E-state index < -0.39 is 0 Å². The monoisotopic (exact) mass is 376 g/mol. The number of pyridine rings is 1. The van der Waals surface area contributed by atoms with Crippen molar-refractivity contribution < 1.29 is 14.6 Å². The third kappa shape index (κ3) is 4.88. The molecular weight excluding hydrogens is 352 g/mol. The Kier molecular flexibility index (Phi) is 5.64. The fraction of sp³-hybridized carbons (Fsp3) is 0.217. The van der Waals surface area contributed by atoms with Crippen molar-refractivity contribution in [2.75, 3.05) is 5.32 Å². The number of anilines is 1. The third-order valence-corrected chi connectivity index (χ3v) is 4.29. The molecule has 1 heterocycles. The second kappa shape index (κ2) is 8.13. The van der Waals surface area contributed by atoms with Crippen LogP contribution < -0.4 is 10.1 Å². The minimum absolute atomic E-state index is 0.190. The summed E-state index contributed by atoms with van der Waals surface area (Å²) in [5.41, 5.74) is 2.56. The third-order valence-electron chi connectivity index (χ3n) is 4.29. The zero-order valence-corrected chi connectivity index (χ0v) is 16.3. The van der Waals surface area contributed by atoms with Crippen LogP contribution in [0.1, 0.15) is 42.3 Å². The van der Waals surface area contributed by atoms with Crippen molar-refractivity contribution in [2.45, 2.75) is 32.8 Å². The predicted molar refractivity (Wildman–Crippen MR) is 110 cm³/mol. The van der Waals surface area contributed by atoms with Gasteiger partial charge in [-0.2, -0.15) is 0 Å². The predicted octanol–water partition coefficient (Wildman–Crippen LogP) is 4.92. The molecule has 0 saturated heterocycles. The number of nitrogens with zero attached hydrogens (tertiary/aromatic N) is 1. The molecule has 0 fully saturated rings. The lowest BCUT2D eigenvalue weighted by molar-refractivity contribution is 0.102. The fourth-order valence-electron chi connectivity index (χ4n) is 2.80. The quantitative estimate of drug-likeness (QED) is 0.663. The van der Waals surface area contributed by atoms with Crippen molar-refractivity contribution in [3.05, 3.63) is 83.7 Å².